The molecule has 25 heavy (non-hydrogen) atoms. The number of rotatable bonds is 5. The minimum atomic E-state index is -0.878. The number of hydrogen-bond acceptors (Lipinski definition) is 6. The number of carbonyl (C=O) groups excluding carboxylic acids is 3. The van der Waals surface area contributed by atoms with Crippen LogP contribution in [0.5, 0.6) is 11.5 Å². The van der Waals surface area contributed by atoms with Crippen molar-refractivity contribution in [2.24, 2.45) is 0 Å². The van der Waals surface area contributed by atoms with E-state index in [9.17, 15) is 14.4 Å². The molecular weight excluding hydrogens is 326 g/mol. The predicted octanol–water partition coefficient (Wildman–Crippen LogP) is 2.14. The highest BCUT2D eigenvalue weighted by Gasteiger charge is 2.38. The molecular formula is C18H15NO6. The number of hydrogen-bond donors (Lipinski definition) is 0. The molecule has 2 amide bonds. The fourth-order valence-corrected chi connectivity index (χ4v) is 2.41. The van der Waals surface area contributed by atoms with Crippen molar-refractivity contribution in [2.75, 3.05) is 13.7 Å². The highest BCUT2D eigenvalue weighted by atomic mass is 16.7. The molecule has 1 aliphatic rings. The van der Waals surface area contributed by atoms with Gasteiger partial charge in [-0.05, 0) is 36.8 Å². The lowest BCUT2D eigenvalue weighted by Crippen LogP contribution is -2.34. The van der Waals surface area contributed by atoms with Gasteiger partial charge in [-0.25, -0.2) is 4.79 Å². The Balaban J connectivity index is 1.64. The maximum atomic E-state index is 12.1. The summed E-state index contributed by atoms with van der Waals surface area (Å²) in [5.41, 5.74) is 1.36. The van der Waals surface area contributed by atoms with Crippen LogP contribution in [0.4, 0.5) is 0 Å². The van der Waals surface area contributed by atoms with Gasteiger partial charge in [0, 0.05) is 0 Å². The number of imide groups is 1. The lowest BCUT2D eigenvalue weighted by atomic mass is 10.1. The highest BCUT2D eigenvalue weighted by Crippen LogP contribution is 2.28. The van der Waals surface area contributed by atoms with E-state index in [0.717, 1.165) is 5.56 Å². The largest absolute Gasteiger partial charge is 0.493 e. The van der Waals surface area contributed by atoms with E-state index in [4.69, 9.17) is 14.3 Å². The van der Waals surface area contributed by atoms with Gasteiger partial charge in [0.2, 0.25) is 0 Å². The van der Waals surface area contributed by atoms with Gasteiger partial charge in [-0.2, -0.15) is 0 Å². The number of amides is 2. The van der Waals surface area contributed by atoms with Crippen molar-refractivity contribution in [1.82, 2.24) is 5.06 Å². The minimum Gasteiger partial charge on any atom is -0.493 e. The van der Waals surface area contributed by atoms with Gasteiger partial charge in [-0.15, -0.1) is 0 Å². The maximum absolute atomic E-state index is 12.1. The summed E-state index contributed by atoms with van der Waals surface area (Å²) in [6.07, 6.45) is 0. The van der Waals surface area contributed by atoms with E-state index in [2.05, 4.69) is 0 Å². The molecule has 0 aliphatic carbocycles. The quantitative estimate of drug-likeness (QED) is 0.775. The predicted molar refractivity (Wildman–Crippen MR) is 86.3 cm³/mol. The molecule has 0 atom stereocenters. The molecule has 0 saturated heterocycles. The molecule has 0 unspecified atom stereocenters. The molecule has 0 bridgehead atoms. The molecule has 0 saturated carbocycles. The van der Waals surface area contributed by atoms with Crippen LogP contribution in [0.3, 0.4) is 0 Å². The van der Waals surface area contributed by atoms with Crippen LogP contribution in [0.15, 0.2) is 42.5 Å². The molecule has 1 heterocycles. The first-order chi connectivity index (χ1) is 12.0. The van der Waals surface area contributed by atoms with Gasteiger partial charge in [0.15, 0.2) is 18.1 Å². The molecule has 7 heteroatoms. The highest BCUT2D eigenvalue weighted by molar-refractivity contribution is 6.20. The zero-order valence-corrected chi connectivity index (χ0v) is 13.6. The maximum Gasteiger partial charge on any atom is 0.370 e. The van der Waals surface area contributed by atoms with Crippen LogP contribution in [0.2, 0.25) is 0 Å². The Labute approximate surface area is 143 Å². The number of ether oxygens (including phenoxy) is 2. The summed E-state index contributed by atoms with van der Waals surface area (Å²) in [5.74, 6) is -1.41. The third-order valence-corrected chi connectivity index (χ3v) is 3.61. The van der Waals surface area contributed by atoms with Gasteiger partial charge in [0.25, 0.3) is 11.8 Å². The summed E-state index contributed by atoms with van der Waals surface area (Å²) in [4.78, 5) is 41.1. The number of nitrogens with zero attached hydrogens (tertiary/aromatic N) is 1. The Bertz CT molecular complexity index is 825. The second-order valence-electron chi connectivity index (χ2n) is 5.36. The number of aryl methyl sites for hydroxylation is 1. The van der Waals surface area contributed by atoms with E-state index in [1.165, 1.54) is 19.2 Å². The summed E-state index contributed by atoms with van der Waals surface area (Å²) in [6.45, 7) is 1.41. The van der Waals surface area contributed by atoms with Crippen molar-refractivity contribution in [3.63, 3.8) is 0 Å². The fourth-order valence-electron chi connectivity index (χ4n) is 2.41. The number of fused-ring (bicyclic) bond motifs is 1. The first-order valence-corrected chi connectivity index (χ1v) is 7.47. The average molecular weight is 341 g/mol. The van der Waals surface area contributed by atoms with Crippen LogP contribution in [0.25, 0.3) is 0 Å². The van der Waals surface area contributed by atoms with E-state index >= 15 is 0 Å². The van der Waals surface area contributed by atoms with Crippen LogP contribution in [0.1, 0.15) is 26.3 Å². The molecule has 0 radical (unpaired) electrons. The monoisotopic (exact) mass is 341 g/mol. The lowest BCUT2D eigenvalue weighted by Gasteiger charge is -2.14. The third-order valence-electron chi connectivity index (χ3n) is 3.61. The van der Waals surface area contributed by atoms with Crippen molar-refractivity contribution < 1.29 is 28.7 Å². The molecule has 0 spiro atoms. The van der Waals surface area contributed by atoms with Crippen molar-refractivity contribution in [2.45, 2.75) is 6.92 Å². The second-order valence-corrected chi connectivity index (χ2v) is 5.36. The van der Waals surface area contributed by atoms with E-state index in [-0.39, 0.29) is 11.1 Å². The van der Waals surface area contributed by atoms with Crippen molar-refractivity contribution >= 4 is 17.8 Å². The Morgan fingerprint density at radius 3 is 2.24 bits per heavy atom. The molecule has 0 aromatic heterocycles. The fraction of sp³-hybridized carbons (Fsp3) is 0.167. The Morgan fingerprint density at radius 1 is 1.00 bits per heavy atom. The number of hydroxylamine groups is 2. The van der Waals surface area contributed by atoms with E-state index in [0.29, 0.717) is 16.6 Å². The van der Waals surface area contributed by atoms with Crippen LogP contribution in [-0.2, 0) is 9.63 Å². The summed E-state index contributed by atoms with van der Waals surface area (Å²) in [6, 6.07) is 11.5. The molecule has 0 fully saturated rings. The molecule has 2 aromatic carbocycles. The van der Waals surface area contributed by atoms with Gasteiger partial charge in [0.1, 0.15) is 0 Å². The number of benzene rings is 2. The van der Waals surface area contributed by atoms with E-state index in [1.54, 1.807) is 30.3 Å². The lowest BCUT2D eigenvalue weighted by molar-refractivity contribution is -0.170. The summed E-state index contributed by atoms with van der Waals surface area (Å²) < 4.78 is 10.5. The van der Waals surface area contributed by atoms with Crippen molar-refractivity contribution in [1.29, 1.82) is 0 Å². The summed E-state index contributed by atoms with van der Waals surface area (Å²) >= 11 is 0. The van der Waals surface area contributed by atoms with E-state index in [1.807, 2.05) is 6.92 Å². The minimum absolute atomic E-state index is 0.196. The molecule has 1 aliphatic heterocycles. The van der Waals surface area contributed by atoms with Crippen LogP contribution in [-0.4, -0.2) is 36.6 Å². The van der Waals surface area contributed by atoms with Gasteiger partial charge in [-0.3, -0.25) is 9.59 Å². The van der Waals surface area contributed by atoms with Crippen molar-refractivity contribution in [3.05, 3.63) is 59.2 Å². The molecule has 128 valence electrons. The number of methoxy groups -OCH3 is 1. The summed E-state index contributed by atoms with van der Waals surface area (Å²) in [7, 11) is 1.48. The van der Waals surface area contributed by atoms with Crippen LogP contribution < -0.4 is 9.47 Å². The van der Waals surface area contributed by atoms with Crippen LogP contribution in [0, 0.1) is 6.92 Å². The SMILES string of the molecule is COc1cc(C)ccc1OCC(=O)ON1C(=O)c2ccccc2C1=O. The second kappa shape index (κ2) is 6.64. The first-order valence-electron chi connectivity index (χ1n) is 7.47. The van der Waals surface area contributed by atoms with Gasteiger partial charge in [0.05, 0.1) is 18.2 Å². The third kappa shape index (κ3) is 3.16. The Kier molecular flexibility index (Phi) is 4.38. The standard InChI is InChI=1S/C18H15NO6/c1-11-7-8-14(15(9-11)23-2)24-10-16(20)25-19-17(21)12-5-3-4-6-13(12)18(19)22/h3-9H,10H2,1-2H3. The molecule has 3 rings (SSSR count). The van der Waals surface area contributed by atoms with E-state index < -0.39 is 24.4 Å². The summed E-state index contributed by atoms with van der Waals surface area (Å²) in [5, 5.41) is 0.447. The zero-order valence-electron chi connectivity index (χ0n) is 13.6. The Morgan fingerprint density at radius 2 is 1.64 bits per heavy atom. The van der Waals surface area contributed by atoms with Gasteiger partial charge < -0.3 is 14.3 Å². The van der Waals surface area contributed by atoms with Gasteiger partial charge >= 0.3 is 5.97 Å². The normalized spacial score (nSPS) is 12.8. The smallest absolute Gasteiger partial charge is 0.370 e. The zero-order chi connectivity index (χ0) is 18.0. The first kappa shape index (κ1) is 16.5. The molecule has 0 N–H and O–H groups in total. The topological polar surface area (TPSA) is 82.1 Å². The average Bonchev–Trinajstić information content (AvgIpc) is 2.86. The van der Waals surface area contributed by atoms with Gasteiger partial charge in [-0.1, -0.05) is 23.3 Å². The number of carbonyl (C=O) groups is 3. The van der Waals surface area contributed by atoms with Crippen molar-refractivity contribution in [3.8, 4) is 11.5 Å². The molecule has 7 nitrogen and oxygen atoms in total. The van der Waals surface area contributed by atoms with Crippen LogP contribution >= 0.6 is 0 Å². The Hall–Kier alpha value is -3.35. The molecule has 2 aromatic rings.